The van der Waals surface area contributed by atoms with Gasteiger partial charge in [-0.1, -0.05) is 0 Å². The smallest absolute Gasteiger partial charge is 0.248 e. The highest BCUT2D eigenvalue weighted by atomic mass is 32.2. The molecule has 1 aromatic carbocycles. The van der Waals surface area contributed by atoms with Gasteiger partial charge in [0.15, 0.2) is 4.90 Å². The van der Waals surface area contributed by atoms with Gasteiger partial charge in [0, 0.05) is 19.1 Å². The number of nitrogens with one attached hydrogen (secondary N) is 1. The van der Waals surface area contributed by atoms with Gasteiger partial charge in [-0.2, -0.15) is 9.57 Å². The van der Waals surface area contributed by atoms with Crippen molar-refractivity contribution < 1.29 is 17.2 Å². The van der Waals surface area contributed by atoms with E-state index < -0.39 is 26.6 Å². The maximum atomic E-state index is 13.9. The minimum atomic E-state index is -4.23. The minimum absolute atomic E-state index is 0.201. The quantitative estimate of drug-likeness (QED) is 0.910. The van der Waals surface area contributed by atoms with E-state index in [2.05, 4.69) is 5.32 Å². The van der Waals surface area contributed by atoms with Crippen molar-refractivity contribution in [2.24, 2.45) is 0 Å². The van der Waals surface area contributed by atoms with Gasteiger partial charge in [0.25, 0.3) is 0 Å². The number of hydrogen-bond acceptors (Lipinski definition) is 4. The molecule has 1 heterocycles. The Morgan fingerprint density at radius 1 is 1.29 bits per heavy atom. The van der Waals surface area contributed by atoms with Crippen LogP contribution >= 0.6 is 0 Å². The molecule has 0 atom stereocenters. The van der Waals surface area contributed by atoms with E-state index in [9.17, 15) is 17.2 Å². The van der Waals surface area contributed by atoms with Crippen LogP contribution in [-0.2, 0) is 10.0 Å². The number of piperidine rings is 1. The van der Waals surface area contributed by atoms with Crippen LogP contribution in [0, 0.1) is 23.0 Å². The SMILES string of the molecule is CNC1CCN(S(=O)(=O)c2c(F)cc(C#N)cc2F)CC1. The van der Waals surface area contributed by atoms with Crippen LogP contribution in [-0.4, -0.2) is 38.9 Å². The molecule has 21 heavy (non-hydrogen) atoms. The summed E-state index contributed by atoms with van der Waals surface area (Å²) >= 11 is 0. The highest BCUT2D eigenvalue weighted by molar-refractivity contribution is 7.89. The van der Waals surface area contributed by atoms with E-state index in [0.29, 0.717) is 12.8 Å². The number of rotatable bonds is 3. The molecule has 0 aliphatic carbocycles. The maximum absolute atomic E-state index is 13.9. The van der Waals surface area contributed by atoms with Gasteiger partial charge in [0.05, 0.1) is 11.6 Å². The molecule has 1 N–H and O–H groups in total. The molecule has 0 saturated carbocycles. The molecule has 0 radical (unpaired) electrons. The summed E-state index contributed by atoms with van der Waals surface area (Å²) in [6, 6.07) is 3.25. The first-order chi connectivity index (χ1) is 9.90. The molecular weight excluding hydrogens is 300 g/mol. The van der Waals surface area contributed by atoms with Crippen molar-refractivity contribution in [2.45, 2.75) is 23.8 Å². The molecular formula is C13H15F2N3O2S. The molecule has 2 rings (SSSR count). The molecule has 0 spiro atoms. The van der Waals surface area contributed by atoms with Crippen LogP contribution in [0.1, 0.15) is 18.4 Å². The first-order valence-electron chi connectivity index (χ1n) is 6.46. The summed E-state index contributed by atoms with van der Waals surface area (Å²) in [6.07, 6.45) is 1.16. The van der Waals surface area contributed by atoms with Gasteiger partial charge in [-0.15, -0.1) is 0 Å². The molecule has 1 aliphatic rings. The zero-order chi connectivity index (χ0) is 15.6. The van der Waals surface area contributed by atoms with E-state index in [1.54, 1.807) is 13.1 Å². The third-order valence-corrected chi connectivity index (χ3v) is 5.54. The van der Waals surface area contributed by atoms with Crippen LogP contribution in [0.4, 0.5) is 8.78 Å². The van der Waals surface area contributed by atoms with Gasteiger partial charge in [-0.3, -0.25) is 0 Å². The fourth-order valence-corrected chi connectivity index (χ4v) is 3.95. The third kappa shape index (κ3) is 3.05. The average Bonchev–Trinajstić information content (AvgIpc) is 2.46. The highest BCUT2D eigenvalue weighted by Gasteiger charge is 2.33. The van der Waals surface area contributed by atoms with E-state index in [4.69, 9.17) is 5.26 Å². The van der Waals surface area contributed by atoms with E-state index >= 15 is 0 Å². The number of hydrogen-bond donors (Lipinski definition) is 1. The van der Waals surface area contributed by atoms with Crippen LogP contribution in [0.5, 0.6) is 0 Å². The lowest BCUT2D eigenvalue weighted by atomic mass is 10.1. The Morgan fingerprint density at radius 3 is 2.24 bits per heavy atom. The predicted molar refractivity (Wildman–Crippen MR) is 71.9 cm³/mol. The van der Waals surface area contributed by atoms with Crippen LogP contribution in [0.25, 0.3) is 0 Å². The van der Waals surface area contributed by atoms with E-state index in [-0.39, 0.29) is 24.7 Å². The van der Waals surface area contributed by atoms with E-state index in [1.165, 1.54) is 0 Å². The molecule has 114 valence electrons. The molecule has 1 aliphatic heterocycles. The van der Waals surface area contributed by atoms with E-state index in [0.717, 1.165) is 16.4 Å². The van der Waals surface area contributed by atoms with Gasteiger partial charge in [-0.25, -0.2) is 17.2 Å². The average molecular weight is 315 g/mol. The number of halogens is 2. The highest BCUT2D eigenvalue weighted by Crippen LogP contribution is 2.26. The summed E-state index contributed by atoms with van der Waals surface area (Å²) < 4.78 is 53.6. The summed E-state index contributed by atoms with van der Waals surface area (Å²) in [4.78, 5) is -0.982. The summed E-state index contributed by atoms with van der Waals surface area (Å²) in [5.41, 5.74) is -0.252. The van der Waals surface area contributed by atoms with Crippen LogP contribution in [0.2, 0.25) is 0 Å². The Hall–Kier alpha value is -1.56. The van der Waals surface area contributed by atoms with Gasteiger partial charge >= 0.3 is 0 Å². The van der Waals surface area contributed by atoms with E-state index in [1.807, 2.05) is 0 Å². The summed E-state index contributed by atoms with van der Waals surface area (Å²) in [5.74, 6) is -2.47. The minimum Gasteiger partial charge on any atom is -0.317 e. The molecule has 0 aromatic heterocycles. The normalized spacial score (nSPS) is 17.6. The Morgan fingerprint density at radius 2 is 1.81 bits per heavy atom. The second kappa shape index (κ2) is 6.05. The lowest BCUT2D eigenvalue weighted by Crippen LogP contribution is -2.44. The predicted octanol–water partition coefficient (Wildman–Crippen LogP) is 1.21. The number of benzene rings is 1. The maximum Gasteiger partial charge on any atom is 0.248 e. The van der Waals surface area contributed by atoms with Gasteiger partial charge < -0.3 is 5.32 Å². The van der Waals surface area contributed by atoms with Crippen molar-refractivity contribution in [3.8, 4) is 6.07 Å². The van der Waals surface area contributed by atoms with Crippen LogP contribution < -0.4 is 5.32 Å². The number of nitriles is 1. The Labute approximate surface area is 122 Å². The topological polar surface area (TPSA) is 73.2 Å². The standard InChI is InChI=1S/C13H15F2N3O2S/c1-17-10-2-4-18(5-3-10)21(19,20)13-11(14)6-9(8-16)7-12(13)15/h6-7,10,17H,2-5H2,1H3. The number of nitrogens with zero attached hydrogens (tertiary/aromatic N) is 2. The first kappa shape index (κ1) is 15.8. The third-order valence-electron chi connectivity index (χ3n) is 3.59. The largest absolute Gasteiger partial charge is 0.317 e. The fourth-order valence-electron chi connectivity index (χ4n) is 2.38. The van der Waals surface area contributed by atoms with Gasteiger partial charge in [0.1, 0.15) is 11.6 Å². The lowest BCUT2D eigenvalue weighted by molar-refractivity contribution is 0.296. The number of sulfonamides is 1. The summed E-state index contributed by atoms with van der Waals surface area (Å²) in [7, 11) is -2.45. The molecule has 0 bridgehead atoms. The van der Waals surface area contributed by atoms with Gasteiger partial charge in [0.2, 0.25) is 10.0 Å². The Balaban J connectivity index is 2.35. The zero-order valence-corrected chi connectivity index (χ0v) is 12.3. The first-order valence-corrected chi connectivity index (χ1v) is 7.90. The second-order valence-corrected chi connectivity index (χ2v) is 6.72. The molecule has 5 nitrogen and oxygen atoms in total. The molecule has 1 saturated heterocycles. The van der Waals surface area contributed by atoms with Crippen LogP contribution in [0.15, 0.2) is 17.0 Å². The summed E-state index contributed by atoms with van der Waals surface area (Å²) in [6.45, 7) is 0.402. The van der Waals surface area contributed by atoms with Crippen molar-refractivity contribution in [1.82, 2.24) is 9.62 Å². The van der Waals surface area contributed by atoms with Crippen molar-refractivity contribution in [3.63, 3.8) is 0 Å². The Kier molecular flexibility index (Phi) is 4.56. The monoisotopic (exact) mass is 315 g/mol. The zero-order valence-electron chi connectivity index (χ0n) is 11.4. The molecule has 8 heteroatoms. The Bertz CT molecular complexity index is 654. The molecule has 1 fully saturated rings. The summed E-state index contributed by atoms with van der Waals surface area (Å²) in [5, 5.41) is 11.7. The van der Waals surface area contributed by atoms with Crippen LogP contribution in [0.3, 0.4) is 0 Å². The molecule has 1 aromatic rings. The lowest BCUT2D eigenvalue weighted by Gasteiger charge is -2.31. The fraction of sp³-hybridized carbons (Fsp3) is 0.462. The van der Waals surface area contributed by atoms with Crippen molar-refractivity contribution >= 4 is 10.0 Å². The molecule has 0 unspecified atom stereocenters. The van der Waals surface area contributed by atoms with Crippen molar-refractivity contribution in [1.29, 1.82) is 5.26 Å². The second-order valence-electron chi connectivity index (χ2n) is 4.85. The molecule has 0 amide bonds. The van der Waals surface area contributed by atoms with Crippen molar-refractivity contribution in [2.75, 3.05) is 20.1 Å². The van der Waals surface area contributed by atoms with Crippen molar-refractivity contribution in [3.05, 3.63) is 29.3 Å². The van der Waals surface area contributed by atoms with Gasteiger partial charge in [-0.05, 0) is 32.0 Å².